The standard InChI is InChI=1S/C45H27N5/c1-2-16-30-28(14-1)29-15-3-4-17-31(29)36-23-13-24-37-35-21-9-12-27-41(35)50(42(36)37)45-47-43(38-22-6-5-18-32(30)38)46-44(48-45)49-39-25-10-7-19-33(39)34-20-8-11-26-40(34)49/h1-27H. The number of rotatable bonds is 1. The summed E-state index contributed by atoms with van der Waals surface area (Å²) < 4.78 is 4.43. The quantitative estimate of drug-likeness (QED) is 0.180. The predicted octanol–water partition coefficient (Wildman–Crippen LogP) is 11.3. The average molecular weight is 638 g/mol. The molecule has 0 aliphatic carbocycles. The largest absolute Gasteiger partial charge is 0.278 e. The van der Waals surface area contributed by atoms with Crippen molar-refractivity contribution in [3.8, 4) is 5.95 Å². The third kappa shape index (κ3) is 3.74. The SMILES string of the molecule is c1ccc2c(c1)c1nc(-n3c4ccccc4c4ccccc43)nc(n1)n1c3ccccc3c3cccc(c4ccccc4c4ccccc24)c31. The molecule has 5 heteroatoms. The molecule has 0 saturated heterocycles. The maximum Gasteiger partial charge on any atom is 0.240 e. The molecular formula is C45H27N5. The second-order valence-corrected chi connectivity index (χ2v) is 12.8. The summed E-state index contributed by atoms with van der Waals surface area (Å²) in [6, 6.07) is 58.1. The van der Waals surface area contributed by atoms with E-state index in [0.717, 1.165) is 75.9 Å². The Hall–Kier alpha value is -6.85. The monoisotopic (exact) mass is 637 g/mol. The summed E-state index contributed by atoms with van der Waals surface area (Å²) in [5.41, 5.74) is 4.83. The number of fused-ring (bicyclic) bond motifs is 16. The van der Waals surface area contributed by atoms with E-state index in [1.54, 1.807) is 0 Å². The Morgan fingerprint density at radius 2 is 0.680 bits per heavy atom. The molecule has 0 unspecified atom stereocenters. The van der Waals surface area contributed by atoms with Crippen molar-refractivity contribution in [1.29, 1.82) is 0 Å². The molecule has 0 fully saturated rings. The van der Waals surface area contributed by atoms with Crippen molar-refractivity contribution in [2.45, 2.75) is 0 Å². The first kappa shape index (κ1) is 27.1. The molecular weight excluding hydrogens is 611 g/mol. The van der Waals surface area contributed by atoms with Gasteiger partial charge in [0.2, 0.25) is 11.7 Å². The van der Waals surface area contributed by atoms with Crippen LogP contribution in [0.25, 0.3) is 98.7 Å². The van der Waals surface area contributed by atoms with Gasteiger partial charge in [0.1, 0.15) is 0 Å². The molecule has 0 aliphatic rings. The lowest BCUT2D eigenvalue weighted by Crippen LogP contribution is -2.05. The first-order valence-corrected chi connectivity index (χ1v) is 16.9. The van der Waals surface area contributed by atoms with Gasteiger partial charge in [0.25, 0.3) is 0 Å². The highest BCUT2D eigenvalue weighted by atomic mass is 15.2. The van der Waals surface area contributed by atoms with Gasteiger partial charge >= 0.3 is 0 Å². The van der Waals surface area contributed by atoms with Crippen LogP contribution in [0.2, 0.25) is 0 Å². The molecule has 11 aromatic rings. The molecule has 0 atom stereocenters. The lowest BCUT2D eigenvalue weighted by molar-refractivity contribution is 0.979. The second-order valence-electron chi connectivity index (χ2n) is 12.8. The fourth-order valence-electron chi connectivity index (χ4n) is 8.07. The molecule has 0 spiro atoms. The van der Waals surface area contributed by atoms with Crippen molar-refractivity contribution in [2.75, 3.05) is 0 Å². The van der Waals surface area contributed by atoms with Gasteiger partial charge in [-0.3, -0.25) is 8.97 Å². The molecule has 5 nitrogen and oxygen atoms in total. The maximum atomic E-state index is 5.40. The van der Waals surface area contributed by atoms with Gasteiger partial charge in [-0.1, -0.05) is 146 Å². The molecule has 2 bridgehead atoms. The van der Waals surface area contributed by atoms with Crippen molar-refractivity contribution >= 4 is 92.7 Å². The Labute approximate surface area is 285 Å². The van der Waals surface area contributed by atoms with Crippen LogP contribution in [0, 0.1) is 0 Å². The normalized spacial score (nSPS) is 12.0. The van der Waals surface area contributed by atoms with Gasteiger partial charge in [0, 0.05) is 32.3 Å². The van der Waals surface area contributed by atoms with Gasteiger partial charge in [-0.05, 0) is 45.1 Å². The fourth-order valence-corrected chi connectivity index (χ4v) is 8.07. The highest BCUT2D eigenvalue weighted by Gasteiger charge is 2.18. The van der Waals surface area contributed by atoms with Gasteiger partial charge < -0.3 is 0 Å². The van der Waals surface area contributed by atoms with Crippen molar-refractivity contribution in [3.63, 3.8) is 0 Å². The lowest BCUT2D eigenvalue weighted by Gasteiger charge is -2.10. The van der Waals surface area contributed by atoms with E-state index in [1.165, 1.54) is 5.39 Å². The first-order valence-electron chi connectivity index (χ1n) is 16.9. The van der Waals surface area contributed by atoms with Crippen LogP contribution in [0.4, 0.5) is 0 Å². The van der Waals surface area contributed by atoms with Crippen molar-refractivity contribution in [1.82, 2.24) is 23.9 Å². The molecule has 0 N–H and O–H groups in total. The van der Waals surface area contributed by atoms with Crippen molar-refractivity contribution < 1.29 is 0 Å². The van der Waals surface area contributed by atoms with Gasteiger partial charge in [-0.2, -0.15) is 15.0 Å². The summed E-state index contributed by atoms with van der Waals surface area (Å²) in [7, 11) is 0. The minimum absolute atomic E-state index is 0.575. The van der Waals surface area contributed by atoms with Crippen LogP contribution >= 0.6 is 0 Å². The number of para-hydroxylation sites is 4. The third-order valence-electron chi connectivity index (χ3n) is 10.2. The highest BCUT2D eigenvalue weighted by Crippen LogP contribution is 2.37. The van der Waals surface area contributed by atoms with Gasteiger partial charge in [0.05, 0.1) is 22.1 Å². The Bertz CT molecular complexity index is 3230. The number of benzene rings is 7. The van der Waals surface area contributed by atoms with E-state index in [0.29, 0.717) is 17.4 Å². The van der Waals surface area contributed by atoms with E-state index >= 15 is 0 Å². The van der Waals surface area contributed by atoms with Crippen LogP contribution < -0.4 is 0 Å². The fraction of sp³-hybridized carbons (Fsp3) is 0. The first-order chi connectivity index (χ1) is 24.8. The molecule has 232 valence electrons. The zero-order valence-electron chi connectivity index (χ0n) is 26.8. The van der Waals surface area contributed by atoms with E-state index in [4.69, 9.17) is 15.0 Å². The molecule has 0 aliphatic heterocycles. The molecule has 0 amide bonds. The maximum absolute atomic E-state index is 5.40. The minimum Gasteiger partial charge on any atom is -0.278 e. The van der Waals surface area contributed by atoms with Crippen LogP contribution in [-0.4, -0.2) is 23.9 Å². The molecule has 4 heterocycles. The Morgan fingerprint density at radius 3 is 1.24 bits per heavy atom. The second kappa shape index (κ2) is 10.3. The van der Waals surface area contributed by atoms with E-state index in [1.807, 2.05) is 0 Å². The Morgan fingerprint density at radius 1 is 0.300 bits per heavy atom. The molecule has 7 aromatic carbocycles. The van der Waals surface area contributed by atoms with Crippen molar-refractivity contribution in [3.05, 3.63) is 164 Å². The van der Waals surface area contributed by atoms with E-state index in [2.05, 4.69) is 173 Å². The van der Waals surface area contributed by atoms with Gasteiger partial charge in [-0.25, -0.2) is 0 Å². The summed E-state index contributed by atoms with van der Waals surface area (Å²) in [4.78, 5) is 16.1. The number of aromatic nitrogens is 5. The number of hydrogen-bond acceptors (Lipinski definition) is 3. The summed E-state index contributed by atoms with van der Waals surface area (Å²) in [6.07, 6.45) is 0. The minimum atomic E-state index is 0.575. The zero-order valence-corrected chi connectivity index (χ0v) is 26.8. The molecule has 0 radical (unpaired) electrons. The van der Waals surface area contributed by atoms with Crippen LogP contribution in [0.5, 0.6) is 0 Å². The Balaban J connectivity index is 1.50. The zero-order chi connectivity index (χ0) is 32.8. The smallest absolute Gasteiger partial charge is 0.240 e. The summed E-state index contributed by atoms with van der Waals surface area (Å²) in [5, 5.41) is 12.4. The van der Waals surface area contributed by atoms with Gasteiger partial charge in [0.15, 0.2) is 5.65 Å². The summed E-state index contributed by atoms with van der Waals surface area (Å²) in [5.74, 6) is 1.15. The predicted molar refractivity (Wildman–Crippen MR) is 208 cm³/mol. The average Bonchev–Trinajstić information content (AvgIpc) is 3.71. The number of nitrogens with zero attached hydrogens (tertiary/aromatic N) is 5. The van der Waals surface area contributed by atoms with E-state index in [9.17, 15) is 0 Å². The van der Waals surface area contributed by atoms with Crippen LogP contribution in [0.15, 0.2) is 164 Å². The van der Waals surface area contributed by atoms with E-state index < -0.39 is 0 Å². The molecule has 4 aromatic heterocycles. The topological polar surface area (TPSA) is 48.0 Å². The number of hydrogen-bond donors (Lipinski definition) is 0. The van der Waals surface area contributed by atoms with Crippen LogP contribution in [-0.2, 0) is 0 Å². The van der Waals surface area contributed by atoms with Crippen molar-refractivity contribution in [2.24, 2.45) is 0 Å². The molecule has 11 rings (SSSR count). The summed E-state index contributed by atoms with van der Waals surface area (Å²) in [6.45, 7) is 0. The van der Waals surface area contributed by atoms with Crippen LogP contribution in [0.1, 0.15) is 0 Å². The highest BCUT2D eigenvalue weighted by molar-refractivity contribution is 6.23. The third-order valence-corrected chi connectivity index (χ3v) is 10.2. The van der Waals surface area contributed by atoms with E-state index in [-0.39, 0.29) is 0 Å². The van der Waals surface area contributed by atoms with Crippen LogP contribution in [0.3, 0.4) is 0 Å². The molecule has 0 saturated carbocycles. The summed E-state index contributed by atoms with van der Waals surface area (Å²) >= 11 is 0. The Kier molecular flexibility index (Phi) is 5.60. The molecule has 50 heavy (non-hydrogen) atoms. The lowest BCUT2D eigenvalue weighted by atomic mass is 9.99. The van der Waals surface area contributed by atoms with Gasteiger partial charge in [-0.15, -0.1) is 0 Å².